The first-order valence-corrected chi connectivity index (χ1v) is 15.4. The zero-order chi connectivity index (χ0) is 29.6. The molecular weight excluding hydrogens is 512 g/mol. The summed E-state index contributed by atoms with van der Waals surface area (Å²) in [7, 11) is 2.20. The Balaban J connectivity index is 1.37. The van der Waals surface area contributed by atoms with Gasteiger partial charge in [0.2, 0.25) is 5.69 Å². The van der Waals surface area contributed by atoms with Gasteiger partial charge in [0.15, 0.2) is 5.71 Å². The van der Waals surface area contributed by atoms with Crippen LogP contribution in [-0.2, 0) is 15.6 Å². The van der Waals surface area contributed by atoms with Crippen LogP contribution in [0.25, 0.3) is 21.5 Å². The highest BCUT2D eigenvalue weighted by Gasteiger charge is 2.44. The van der Waals surface area contributed by atoms with Crippen LogP contribution in [0.3, 0.4) is 0 Å². The van der Waals surface area contributed by atoms with E-state index in [1.807, 2.05) is 0 Å². The quantitative estimate of drug-likeness (QED) is 0.160. The summed E-state index contributed by atoms with van der Waals surface area (Å²) in [5, 5.41) is 5.25. The van der Waals surface area contributed by atoms with Crippen molar-refractivity contribution >= 4 is 44.4 Å². The number of anilines is 1. The summed E-state index contributed by atoms with van der Waals surface area (Å²) < 4.78 is 2.37. The molecule has 0 atom stereocenters. The highest BCUT2D eigenvalue weighted by Crippen LogP contribution is 2.51. The molecule has 0 saturated heterocycles. The normalized spacial score (nSPS) is 18.0. The molecule has 0 spiro atoms. The Bertz CT molecular complexity index is 1800. The van der Waals surface area contributed by atoms with Crippen LogP contribution >= 0.6 is 0 Å². The maximum Gasteiger partial charge on any atom is 0.210 e. The molecule has 0 unspecified atom stereocenters. The van der Waals surface area contributed by atoms with Gasteiger partial charge in [-0.15, -0.1) is 0 Å². The number of rotatable bonds is 8. The van der Waals surface area contributed by atoms with Gasteiger partial charge in [-0.1, -0.05) is 80.9 Å². The van der Waals surface area contributed by atoms with E-state index in [0.717, 1.165) is 25.8 Å². The number of Topliss-reactive ketones (excluding diaryl/α,β-unsaturated/α-hetero) is 1. The van der Waals surface area contributed by atoms with E-state index in [9.17, 15) is 4.79 Å². The molecule has 3 heteroatoms. The Kier molecular flexibility index (Phi) is 7.17. The van der Waals surface area contributed by atoms with E-state index in [-0.39, 0.29) is 16.6 Å². The van der Waals surface area contributed by atoms with E-state index in [0.29, 0.717) is 6.42 Å². The van der Waals surface area contributed by atoms with E-state index in [1.54, 1.807) is 6.92 Å². The number of fused-ring (bicyclic) bond motifs is 6. The van der Waals surface area contributed by atoms with Gasteiger partial charge in [-0.3, -0.25) is 0 Å². The summed E-state index contributed by atoms with van der Waals surface area (Å²) in [6.07, 6.45) is 10.7. The number of unbranched alkanes of at least 4 members (excludes halogenated alkanes) is 2. The molecule has 6 rings (SSSR count). The second-order valence-electron chi connectivity index (χ2n) is 13.1. The second kappa shape index (κ2) is 10.7. The van der Waals surface area contributed by atoms with Crippen LogP contribution in [0.1, 0.15) is 71.4 Å². The van der Waals surface area contributed by atoms with Gasteiger partial charge >= 0.3 is 0 Å². The average molecular weight is 556 g/mol. The van der Waals surface area contributed by atoms with E-state index in [2.05, 4.69) is 135 Å². The fraction of sp³-hybridized carbons (Fsp3) is 0.333. The van der Waals surface area contributed by atoms with Crippen LogP contribution in [0, 0.1) is 0 Å². The molecule has 0 bridgehead atoms. The van der Waals surface area contributed by atoms with Gasteiger partial charge in [0.25, 0.3) is 0 Å². The Labute approximate surface area is 250 Å². The summed E-state index contributed by atoms with van der Waals surface area (Å²) in [5.41, 5.74) is 7.81. The Morgan fingerprint density at radius 3 is 2.12 bits per heavy atom. The smallest absolute Gasteiger partial charge is 0.210 e. The molecule has 0 aliphatic carbocycles. The lowest BCUT2D eigenvalue weighted by atomic mass is 9.79. The fourth-order valence-electron chi connectivity index (χ4n) is 7.52. The van der Waals surface area contributed by atoms with E-state index < -0.39 is 0 Å². The largest absolute Gasteiger partial charge is 0.344 e. The molecule has 0 saturated carbocycles. The van der Waals surface area contributed by atoms with Gasteiger partial charge < -0.3 is 9.69 Å². The molecule has 42 heavy (non-hydrogen) atoms. The zero-order valence-corrected chi connectivity index (χ0v) is 26.0. The first-order valence-electron chi connectivity index (χ1n) is 15.4. The van der Waals surface area contributed by atoms with Gasteiger partial charge in [-0.2, -0.15) is 4.58 Å². The minimum Gasteiger partial charge on any atom is -0.344 e. The van der Waals surface area contributed by atoms with Crippen LogP contribution in [0.4, 0.5) is 11.4 Å². The lowest BCUT2D eigenvalue weighted by molar-refractivity contribution is -0.401. The molecule has 2 aliphatic rings. The number of nitrogens with zero attached hydrogens (tertiary/aromatic N) is 2. The molecule has 4 aromatic rings. The third-order valence-corrected chi connectivity index (χ3v) is 9.57. The monoisotopic (exact) mass is 555 g/mol. The van der Waals surface area contributed by atoms with Gasteiger partial charge in [0, 0.05) is 47.5 Å². The average Bonchev–Trinajstić information content (AvgIpc) is 3.31. The minimum absolute atomic E-state index is 0.110. The lowest BCUT2D eigenvalue weighted by Crippen LogP contribution is -2.28. The number of ketones is 1. The molecule has 4 aromatic carbocycles. The van der Waals surface area contributed by atoms with E-state index >= 15 is 0 Å². The van der Waals surface area contributed by atoms with Gasteiger partial charge in [-0.05, 0) is 78.9 Å². The maximum atomic E-state index is 11.5. The van der Waals surface area contributed by atoms with Crippen LogP contribution in [0.15, 0.2) is 96.7 Å². The molecule has 0 amide bonds. The van der Waals surface area contributed by atoms with Crippen molar-refractivity contribution in [3.8, 4) is 0 Å². The molecular formula is C39H43N2O+. The van der Waals surface area contributed by atoms with Gasteiger partial charge in [0.1, 0.15) is 12.8 Å². The first-order chi connectivity index (χ1) is 20.1. The van der Waals surface area contributed by atoms with Crippen molar-refractivity contribution in [2.24, 2.45) is 0 Å². The standard InChI is InChI=1S/C39H43N2O/c1-27(42)15-8-7-13-26-41-33-25-23-29-17-10-12-19-31(29)37(33)39(4,5)35(41)21-14-20-34-38(2,3)36-30-18-11-9-16-28(30)22-24-32(36)40(34)6/h9-12,14,16-25H,7-8,13,15,26H2,1-6H3/q+1. The first kappa shape index (κ1) is 28.2. The fourth-order valence-corrected chi connectivity index (χ4v) is 7.52. The molecule has 214 valence electrons. The SMILES string of the molecule is CC(=O)CCCCCN1/C(=C/C=C/C2=[N+](C)c3ccc4ccccc4c3C2(C)C)C(C)(C)c2c1ccc1ccccc21. The summed E-state index contributed by atoms with van der Waals surface area (Å²) in [4.78, 5) is 14.0. The lowest BCUT2D eigenvalue weighted by Gasteiger charge is -2.27. The number of benzene rings is 4. The molecule has 3 nitrogen and oxygen atoms in total. The van der Waals surface area contributed by atoms with Gasteiger partial charge in [0.05, 0.1) is 5.41 Å². The number of hydrogen-bond donors (Lipinski definition) is 0. The van der Waals surface area contributed by atoms with Gasteiger partial charge in [-0.25, -0.2) is 0 Å². The third kappa shape index (κ3) is 4.60. The van der Waals surface area contributed by atoms with Crippen molar-refractivity contribution < 1.29 is 9.37 Å². The van der Waals surface area contributed by atoms with Crippen molar-refractivity contribution in [1.29, 1.82) is 0 Å². The summed E-state index contributed by atoms with van der Waals surface area (Å²) in [6.45, 7) is 12.1. The summed E-state index contributed by atoms with van der Waals surface area (Å²) >= 11 is 0. The third-order valence-electron chi connectivity index (χ3n) is 9.57. The van der Waals surface area contributed by atoms with Crippen molar-refractivity contribution in [2.45, 2.75) is 71.1 Å². The second-order valence-corrected chi connectivity index (χ2v) is 13.1. The summed E-state index contributed by atoms with van der Waals surface area (Å²) in [6, 6.07) is 26.6. The number of hydrogen-bond acceptors (Lipinski definition) is 2. The Morgan fingerprint density at radius 1 is 0.786 bits per heavy atom. The van der Waals surface area contributed by atoms with Crippen molar-refractivity contribution in [3.05, 3.63) is 108 Å². The predicted molar refractivity (Wildman–Crippen MR) is 179 cm³/mol. The number of carbonyl (C=O) groups excluding carboxylic acids is 1. The molecule has 0 aromatic heterocycles. The molecule has 0 N–H and O–H groups in total. The van der Waals surface area contributed by atoms with Crippen LogP contribution in [0.2, 0.25) is 0 Å². The summed E-state index contributed by atoms with van der Waals surface area (Å²) in [5.74, 6) is 0.285. The highest BCUT2D eigenvalue weighted by atomic mass is 16.1. The van der Waals surface area contributed by atoms with Crippen molar-refractivity contribution in [1.82, 2.24) is 0 Å². The van der Waals surface area contributed by atoms with Crippen LogP contribution in [-0.4, -0.2) is 29.7 Å². The van der Waals surface area contributed by atoms with Crippen molar-refractivity contribution in [3.63, 3.8) is 0 Å². The molecule has 0 radical (unpaired) electrons. The van der Waals surface area contributed by atoms with Crippen LogP contribution in [0.5, 0.6) is 0 Å². The van der Waals surface area contributed by atoms with E-state index in [1.165, 1.54) is 55.5 Å². The minimum atomic E-state index is -0.138. The predicted octanol–water partition coefficient (Wildman–Crippen LogP) is 9.39. The zero-order valence-electron chi connectivity index (χ0n) is 26.0. The molecule has 2 aliphatic heterocycles. The highest BCUT2D eigenvalue weighted by molar-refractivity contribution is 6.07. The molecule has 0 fully saturated rings. The Morgan fingerprint density at radius 2 is 1.43 bits per heavy atom. The van der Waals surface area contributed by atoms with Crippen LogP contribution < -0.4 is 4.90 Å². The number of allylic oxidation sites excluding steroid dienone is 4. The molecule has 2 heterocycles. The maximum absolute atomic E-state index is 11.5. The van der Waals surface area contributed by atoms with E-state index in [4.69, 9.17) is 0 Å². The Hall–Kier alpha value is -3.98. The van der Waals surface area contributed by atoms with Crippen molar-refractivity contribution in [2.75, 3.05) is 18.5 Å². The topological polar surface area (TPSA) is 23.3 Å². The number of carbonyl (C=O) groups is 1.